The summed E-state index contributed by atoms with van der Waals surface area (Å²) in [4.78, 5) is 4.31. The quantitative estimate of drug-likeness (QED) is 0.891. The van der Waals surface area contributed by atoms with Crippen molar-refractivity contribution in [1.82, 2.24) is 4.98 Å². The number of hydrogen-bond acceptors (Lipinski definition) is 3. The Balaban J connectivity index is 2.46. The van der Waals surface area contributed by atoms with Crippen molar-refractivity contribution in [3.8, 4) is 11.3 Å². The highest BCUT2D eigenvalue weighted by Gasteiger charge is 2.11. The van der Waals surface area contributed by atoms with Crippen LogP contribution >= 0.6 is 34.5 Å². The van der Waals surface area contributed by atoms with Crippen LogP contribution in [0.5, 0.6) is 0 Å². The average Bonchev–Trinajstić information content (AvgIpc) is 2.70. The van der Waals surface area contributed by atoms with Gasteiger partial charge in [-0.3, -0.25) is 0 Å². The molecule has 2 rings (SSSR count). The van der Waals surface area contributed by atoms with Crippen molar-refractivity contribution in [2.75, 3.05) is 0 Å². The molecule has 0 spiro atoms. The monoisotopic (exact) mass is 273 g/mol. The van der Waals surface area contributed by atoms with Gasteiger partial charge in [0.05, 0.1) is 10.7 Å². The Kier molecular flexibility index (Phi) is 3.50. The molecule has 0 aliphatic rings. The Morgan fingerprint density at radius 3 is 2.75 bits per heavy atom. The molecular formula is C11H9Cl2NOS. The van der Waals surface area contributed by atoms with E-state index in [2.05, 4.69) is 4.98 Å². The van der Waals surface area contributed by atoms with E-state index >= 15 is 0 Å². The van der Waals surface area contributed by atoms with Gasteiger partial charge >= 0.3 is 0 Å². The highest BCUT2D eigenvalue weighted by Crippen LogP contribution is 2.32. The maximum Gasteiger partial charge on any atom is 0.122 e. The first-order chi connectivity index (χ1) is 7.58. The van der Waals surface area contributed by atoms with Crippen molar-refractivity contribution in [3.63, 3.8) is 0 Å². The molecule has 0 fully saturated rings. The summed E-state index contributed by atoms with van der Waals surface area (Å²) >= 11 is 13.4. The van der Waals surface area contributed by atoms with E-state index < -0.39 is 6.10 Å². The molecule has 1 aromatic carbocycles. The Morgan fingerprint density at radius 2 is 2.12 bits per heavy atom. The average molecular weight is 274 g/mol. The van der Waals surface area contributed by atoms with Crippen LogP contribution in [0.3, 0.4) is 0 Å². The molecule has 84 valence electrons. The Hall–Kier alpha value is -0.610. The van der Waals surface area contributed by atoms with E-state index in [0.717, 1.165) is 11.3 Å². The summed E-state index contributed by atoms with van der Waals surface area (Å²) < 4.78 is 0. The summed E-state index contributed by atoms with van der Waals surface area (Å²) in [5.41, 5.74) is 1.53. The minimum absolute atomic E-state index is 0.559. The van der Waals surface area contributed by atoms with Gasteiger partial charge in [0.1, 0.15) is 11.1 Å². The van der Waals surface area contributed by atoms with Crippen molar-refractivity contribution >= 4 is 34.5 Å². The van der Waals surface area contributed by atoms with Gasteiger partial charge in [-0.25, -0.2) is 4.98 Å². The molecule has 1 aromatic heterocycles. The molecule has 1 N–H and O–H groups in total. The van der Waals surface area contributed by atoms with Gasteiger partial charge in [0, 0.05) is 16.0 Å². The molecule has 5 heteroatoms. The van der Waals surface area contributed by atoms with E-state index in [4.69, 9.17) is 23.2 Å². The molecule has 1 heterocycles. The normalized spacial score (nSPS) is 12.8. The lowest BCUT2D eigenvalue weighted by molar-refractivity contribution is 0.199. The first-order valence-electron chi connectivity index (χ1n) is 4.67. The fourth-order valence-electron chi connectivity index (χ4n) is 1.30. The van der Waals surface area contributed by atoms with Crippen molar-refractivity contribution in [2.45, 2.75) is 13.0 Å². The fourth-order valence-corrected chi connectivity index (χ4v) is 2.44. The van der Waals surface area contributed by atoms with Crippen molar-refractivity contribution in [1.29, 1.82) is 0 Å². The number of aliphatic hydroxyl groups is 1. The first-order valence-corrected chi connectivity index (χ1v) is 6.30. The molecule has 0 saturated heterocycles. The Morgan fingerprint density at radius 1 is 1.38 bits per heavy atom. The molecule has 0 aliphatic heterocycles. The molecule has 0 saturated carbocycles. The highest BCUT2D eigenvalue weighted by molar-refractivity contribution is 7.10. The lowest BCUT2D eigenvalue weighted by Crippen LogP contribution is -1.89. The summed E-state index contributed by atoms with van der Waals surface area (Å²) in [6.45, 7) is 1.68. The first kappa shape index (κ1) is 11.9. The second-order valence-electron chi connectivity index (χ2n) is 3.37. The predicted molar refractivity (Wildman–Crippen MR) is 68.2 cm³/mol. The highest BCUT2D eigenvalue weighted by atomic mass is 35.5. The lowest BCUT2D eigenvalue weighted by atomic mass is 10.2. The second-order valence-corrected chi connectivity index (χ2v) is 5.10. The van der Waals surface area contributed by atoms with Gasteiger partial charge in [-0.2, -0.15) is 0 Å². The van der Waals surface area contributed by atoms with Gasteiger partial charge in [0.2, 0.25) is 0 Å². The number of aromatic nitrogens is 1. The molecule has 0 amide bonds. The van der Waals surface area contributed by atoms with E-state index in [9.17, 15) is 5.11 Å². The zero-order chi connectivity index (χ0) is 11.7. The van der Waals surface area contributed by atoms with E-state index in [0.29, 0.717) is 15.1 Å². The molecule has 0 bridgehead atoms. The molecule has 0 radical (unpaired) electrons. The largest absolute Gasteiger partial charge is 0.386 e. The van der Waals surface area contributed by atoms with Crippen LogP contribution in [0, 0.1) is 0 Å². The number of halogens is 2. The number of thiazole rings is 1. The van der Waals surface area contributed by atoms with Crippen LogP contribution in [0.1, 0.15) is 18.0 Å². The molecule has 1 atom stereocenters. The van der Waals surface area contributed by atoms with Gasteiger partial charge in [-0.15, -0.1) is 11.3 Å². The second kappa shape index (κ2) is 4.72. The Labute approximate surface area is 107 Å². The minimum Gasteiger partial charge on any atom is -0.386 e. The van der Waals surface area contributed by atoms with E-state index in [1.807, 2.05) is 5.38 Å². The third-order valence-corrected chi connectivity index (χ3v) is 3.66. The summed E-state index contributed by atoms with van der Waals surface area (Å²) in [6.07, 6.45) is -0.559. The van der Waals surface area contributed by atoms with Crippen LogP contribution in [0.25, 0.3) is 11.3 Å². The van der Waals surface area contributed by atoms with Gasteiger partial charge < -0.3 is 5.11 Å². The summed E-state index contributed by atoms with van der Waals surface area (Å²) in [6, 6.07) is 5.24. The molecule has 2 aromatic rings. The number of nitrogens with zero attached hydrogens (tertiary/aromatic N) is 1. The molecular weight excluding hydrogens is 265 g/mol. The maximum absolute atomic E-state index is 9.40. The molecule has 2 nitrogen and oxygen atoms in total. The van der Waals surface area contributed by atoms with Crippen molar-refractivity contribution in [3.05, 3.63) is 38.6 Å². The van der Waals surface area contributed by atoms with Crippen LogP contribution < -0.4 is 0 Å². The SMILES string of the molecule is CC(O)c1nc(-c2cc(Cl)ccc2Cl)cs1. The number of benzene rings is 1. The third kappa shape index (κ3) is 2.38. The smallest absolute Gasteiger partial charge is 0.122 e. The summed E-state index contributed by atoms with van der Waals surface area (Å²) in [5, 5.41) is 13.1. The van der Waals surface area contributed by atoms with Crippen LogP contribution in [0.2, 0.25) is 10.0 Å². The third-order valence-electron chi connectivity index (χ3n) is 2.08. The standard InChI is InChI=1S/C11H9Cl2NOS/c1-6(15)11-14-10(5-16-11)8-4-7(12)2-3-9(8)13/h2-6,15H,1H3. The minimum atomic E-state index is -0.559. The van der Waals surface area contributed by atoms with Crippen LogP contribution in [0.4, 0.5) is 0 Å². The molecule has 0 aliphatic carbocycles. The lowest BCUT2D eigenvalue weighted by Gasteiger charge is -2.01. The van der Waals surface area contributed by atoms with E-state index in [-0.39, 0.29) is 0 Å². The van der Waals surface area contributed by atoms with Crippen molar-refractivity contribution in [2.24, 2.45) is 0 Å². The van der Waals surface area contributed by atoms with Gasteiger partial charge in [0.15, 0.2) is 0 Å². The Bertz CT molecular complexity index is 510. The number of hydrogen-bond donors (Lipinski definition) is 1. The van der Waals surface area contributed by atoms with Crippen LogP contribution in [0.15, 0.2) is 23.6 Å². The van der Waals surface area contributed by atoms with Gasteiger partial charge in [-0.05, 0) is 25.1 Å². The predicted octanol–water partition coefficient (Wildman–Crippen LogP) is 4.17. The summed E-state index contributed by atoms with van der Waals surface area (Å²) in [5.74, 6) is 0. The maximum atomic E-state index is 9.40. The van der Waals surface area contributed by atoms with Crippen LogP contribution in [-0.4, -0.2) is 10.1 Å². The van der Waals surface area contributed by atoms with Gasteiger partial charge in [-0.1, -0.05) is 23.2 Å². The van der Waals surface area contributed by atoms with Gasteiger partial charge in [0.25, 0.3) is 0 Å². The summed E-state index contributed by atoms with van der Waals surface area (Å²) in [7, 11) is 0. The topological polar surface area (TPSA) is 33.1 Å². The molecule has 16 heavy (non-hydrogen) atoms. The zero-order valence-corrected chi connectivity index (χ0v) is 10.8. The van der Waals surface area contributed by atoms with E-state index in [1.54, 1.807) is 25.1 Å². The fraction of sp³-hybridized carbons (Fsp3) is 0.182. The number of rotatable bonds is 2. The number of aliphatic hydroxyl groups excluding tert-OH is 1. The van der Waals surface area contributed by atoms with Crippen LogP contribution in [-0.2, 0) is 0 Å². The van der Waals surface area contributed by atoms with E-state index in [1.165, 1.54) is 11.3 Å². The zero-order valence-electron chi connectivity index (χ0n) is 8.45. The molecule has 1 unspecified atom stereocenters. The van der Waals surface area contributed by atoms with Crippen molar-refractivity contribution < 1.29 is 5.11 Å².